The molecule has 2 amide bonds. The maximum absolute atomic E-state index is 13.2. The van der Waals surface area contributed by atoms with Gasteiger partial charge in [-0.05, 0) is 44.0 Å². The van der Waals surface area contributed by atoms with Crippen LogP contribution < -0.4 is 21.3 Å². The van der Waals surface area contributed by atoms with Crippen molar-refractivity contribution >= 4 is 41.0 Å². The largest absolute Gasteiger partial charge is 0.364 e. The summed E-state index contributed by atoms with van der Waals surface area (Å²) in [4.78, 5) is 39.7. The number of fused-ring (bicyclic) bond motifs is 1. The number of pyridine rings is 1. The van der Waals surface area contributed by atoms with E-state index in [1.807, 2.05) is 24.0 Å². The number of H-pyrrole nitrogens is 1. The van der Waals surface area contributed by atoms with Gasteiger partial charge in [-0.3, -0.25) is 19.1 Å². The van der Waals surface area contributed by atoms with Gasteiger partial charge in [0.05, 0.1) is 6.20 Å². The minimum atomic E-state index is -0.955. The van der Waals surface area contributed by atoms with E-state index in [1.165, 1.54) is 18.2 Å². The average molecular weight is 464 g/mol. The van der Waals surface area contributed by atoms with Crippen molar-refractivity contribution in [3.05, 3.63) is 54.2 Å². The van der Waals surface area contributed by atoms with Crippen LogP contribution in [0.2, 0.25) is 0 Å². The van der Waals surface area contributed by atoms with Gasteiger partial charge in [-0.15, -0.1) is 0 Å². The Bertz CT molecular complexity index is 1380. The monoisotopic (exact) mass is 464 g/mol. The molecule has 13 heteroatoms. The zero-order valence-electron chi connectivity index (χ0n) is 18.1. The lowest BCUT2D eigenvalue weighted by atomic mass is 9.98. The Balaban J connectivity index is 1.47. The number of nitrogens with zero attached hydrogens (tertiary/aromatic N) is 6. The van der Waals surface area contributed by atoms with Crippen LogP contribution in [0.5, 0.6) is 0 Å². The third-order valence-corrected chi connectivity index (χ3v) is 5.80. The fourth-order valence-electron chi connectivity index (χ4n) is 3.97. The summed E-state index contributed by atoms with van der Waals surface area (Å²) < 4.78 is 14.9. The third kappa shape index (κ3) is 3.76. The molecule has 1 fully saturated rings. The highest BCUT2D eigenvalue weighted by molar-refractivity contribution is 5.99. The fourth-order valence-corrected chi connectivity index (χ4v) is 3.97. The number of nitrogens with one attached hydrogen (secondary N) is 3. The van der Waals surface area contributed by atoms with Crippen molar-refractivity contribution in [2.75, 3.05) is 22.1 Å². The van der Waals surface area contributed by atoms with Crippen LogP contribution >= 0.6 is 0 Å². The Labute approximate surface area is 192 Å². The predicted octanol–water partition coefficient (Wildman–Crippen LogP) is 1.83. The summed E-state index contributed by atoms with van der Waals surface area (Å²) in [6.45, 7) is 2.37. The number of carbonyl (C=O) groups excluding carboxylic acids is 2. The summed E-state index contributed by atoms with van der Waals surface area (Å²) >= 11 is 0. The molecule has 1 aliphatic rings. The number of nitrogens with two attached hydrogens (primary N) is 1. The average Bonchev–Trinajstić information content (AvgIpc) is 3.55. The van der Waals surface area contributed by atoms with Crippen LogP contribution in [0, 0.1) is 5.82 Å². The van der Waals surface area contributed by atoms with Crippen molar-refractivity contribution in [1.29, 1.82) is 0 Å². The molecule has 5 N–H and O–H groups in total. The van der Waals surface area contributed by atoms with Crippen molar-refractivity contribution in [1.82, 2.24) is 29.5 Å². The van der Waals surface area contributed by atoms with Gasteiger partial charge in [0.25, 0.3) is 11.8 Å². The normalized spacial score (nSPS) is 17.8. The first-order valence-electron chi connectivity index (χ1n) is 10.5. The zero-order valence-corrected chi connectivity index (χ0v) is 18.1. The SMILES string of the molecule is CC1(C(=O)Nc2ccc(F)cn2)CCCN1c1nc(Nc2cc(C(N)=O)[nH]n2)n2cccc2n1. The molecule has 174 valence electrons. The molecule has 1 unspecified atom stereocenters. The molecule has 12 nitrogen and oxygen atoms in total. The number of anilines is 4. The van der Waals surface area contributed by atoms with Crippen LogP contribution in [0.25, 0.3) is 5.65 Å². The standard InChI is InChI=1S/C21H21FN10O2/c1-21(18(34)25-14-6-5-12(22)11-24-14)7-3-9-32(21)20-27-16-4-2-8-31(16)19(28-20)26-15-10-13(17(23)33)29-30-15/h2,4-6,8,10-11H,3,7,9H2,1H3,(H2,23,33)(H,24,25,34)(H2,26,27,28,29,30). The molecule has 34 heavy (non-hydrogen) atoms. The van der Waals surface area contributed by atoms with Gasteiger partial charge in [-0.25, -0.2) is 9.37 Å². The zero-order chi connectivity index (χ0) is 23.9. The summed E-state index contributed by atoms with van der Waals surface area (Å²) in [5, 5.41) is 12.4. The molecule has 4 aromatic heterocycles. The van der Waals surface area contributed by atoms with Crippen LogP contribution in [0.15, 0.2) is 42.7 Å². The molecular weight excluding hydrogens is 443 g/mol. The Morgan fingerprint density at radius 3 is 2.82 bits per heavy atom. The van der Waals surface area contributed by atoms with Crippen LogP contribution in [0.3, 0.4) is 0 Å². The molecule has 0 spiro atoms. The Morgan fingerprint density at radius 2 is 2.09 bits per heavy atom. The van der Waals surface area contributed by atoms with Crippen molar-refractivity contribution in [3.8, 4) is 0 Å². The molecule has 1 aliphatic heterocycles. The van der Waals surface area contributed by atoms with Gasteiger partial charge >= 0.3 is 0 Å². The van der Waals surface area contributed by atoms with E-state index in [0.717, 1.165) is 12.6 Å². The summed E-state index contributed by atoms with van der Waals surface area (Å²) in [5.74, 6) is -0.0730. The lowest BCUT2D eigenvalue weighted by Gasteiger charge is -2.34. The summed E-state index contributed by atoms with van der Waals surface area (Å²) in [6, 6.07) is 7.74. The first kappa shape index (κ1) is 21.3. The smallest absolute Gasteiger partial charge is 0.266 e. The van der Waals surface area contributed by atoms with Crippen LogP contribution in [0.4, 0.5) is 27.9 Å². The van der Waals surface area contributed by atoms with E-state index in [9.17, 15) is 14.0 Å². The van der Waals surface area contributed by atoms with Gasteiger partial charge in [-0.1, -0.05) is 0 Å². The third-order valence-electron chi connectivity index (χ3n) is 5.80. The Kier molecular flexibility index (Phi) is 5.07. The van der Waals surface area contributed by atoms with Gasteiger partial charge in [0.2, 0.25) is 11.9 Å². The molecule has 0 radical (unpaired) electrons. The maximum Gasteiger partial charge on any atom is 0.266 e. The fraction of sp³-hybridized carbons (Fsp3) is 0.238. The molecule has 0 saturated carbocycles. The molecule has 5 rings (SSSR count). The number of aromatic nitrogens is 6. The number of aromatic amines is 1. The van der Waals surface area contributed by atoms with Gasteiger partial charge in [0.1, 0.15) is 28.5 Å². The highest BCUT2D eigenvalue weighted by Gasteiger charge is 2.45. The molecule has 0 aromatic carbocycles. The number of halogens is 1. The number of carbonyl (C=O) groups is 2. The van der Waals surface area contributed by atoms with Gasteiger partial charge in [0.15, 0.2) is 5.82 Å². The highest BCUT2D eigenvalue weighted by atomic mass is 19.1. The first-order valence-corrected chi connectivity index (χ1v) is 10.5. The molecule has 0 aliphatic carbocycles. The van der Waals surface area contributed by atoms with Gasteiger partial charge in [0, 0.05) is 18.8 Å². The van der Waals surface area contributed by atoms with E-state index in [2.05, 4.69) is 35.8 Å². The van der Waals surface area contributed by atoms with E-state index in [4.69, 9.17) is 5.73 Å². The quantitative estimate of drug-likeness (QED) is 0.336. The number of hydrogen-bond donors (Lipinski definition) is 4. The number of hydrogen-bond acceptors (Lipinski definition) is 8. The summed E-state index contributed by atoms with van der Waals surface area (Å²) in [6.07, 6.45) is 4.14. The molecule has 1 atom stereocenters. The highest BCUT2D eigenvalue weighted by Crippen LogP contribution is 2.34. The maximum atomic E-state index is 13.2. The molecule has 0 bridgehead atoms. The lowest BCUT2D eigenvalue weighted by Crippen LogP contribution is -2.51. The van der Waals surface area contributed by atoms with Crippen molar-refractivity contribution in [2.45, 2.75) is 25.3 Å². The molecule has 5 heterocycles. The summed E-state index contributed by atoms with van der Waals surface area (Å²) in [5.41, 5.74) is 5.09. The molecule has 4 aromatic rings. The Morgan fingerprint density at radius 1 is 1.24 bits per heavy atom. The minimum Gasteiger partial charge on any atom is -0.364 e. The van der Waals surface area contributed by atoms with Crippen molar-refractivity contribution < 1.29 is 14.0 Å². The molecular formula is C21H21FN10O2. The minimum absolute atomic E-state index is 0.152. The number of primary amides is 1. The Hall–Kier alpha value is -4.55. The van der Waals surface area contributed by atoms with E-state index < -0.39 is 17.3 Å². The number of amides is 2. The summed E-state index contributed by atoms with van der Waals surface area (Å²) in [7, 11) is 0. The lowest BCUT2D eigenvalue weighted by molar-refractivity contribution is -0.120. The van der Waals surface area contributed by atoms with Crippen LogP contribution in [-0.4, -0.2) is 53.4 Å². The first-order chi connectivity index (χ1) is 16.3. The van der Waals surface area contributed by atoms with Crippen LogP contribution in [0.1, 0.15) is 30.3 Å². The van der Waals surface area contributed by atoms with Gasteiger partial charge in [-0.2, -0.15) is 15.1 Å². The predicted molar refractivity (Wildman–Crippen MR) is 121 cm³/mol. The van der Waals surface area contributed by atoms with Crippen molar-refractivity contribution in [3.63, 3.8) is 0 Å². The van der Waals surface area contributed by atoms with Crippen LogP contribution in [-0.2, 0) is 4.79 Å². The second-order valence-electron chi connectivity index (χ2n) is 8.08. The van der Waals surface area contributed by atoms with E-state index in [1.54, 1.807) is 10.6 Å². The van der Waals surface area contributed by atoms with E-state index in [0.29, 0.717) is 36.3 Å². The van der Waals surface area contributed by atoms with Gasteiger partial charge < -0.3 is 21.3 Å². The van der Waals surface area contributed by atoms with Crippen molar-refractivity contribution in [2.24, 2.45) is 5.73 Å². The second-order valence-corrected chi connectivity index (χ2v) is 8.08. The second kappa shape index (κ2) is 8.10. The number of rotatable bonds is 6. The van der Waals surface area contributed by atoms with E-state index in [-0.39, 0.29) is 17.4 Å². The molecule has 1 saturated heterocycles. The topological polar surface area (TPSA) is 159 Å². The van der Waals surface area contributed by atoms with E-state index >= 15 is 0 Å².